The number of cyclic esters (lactones) is 2. The topological polar surface area (TPSA) is 210 Å². The number of carbonyl (C=O) groups excluding carboxylic acids is 4. The number of pyridine rings is 3. The summed E-state index contributed by atoms with van der Waals surface area (Å²) >= 11 is 11.1. The monoisotopic (exact) mass is 1160 g/mol. The number of fused-ring (bicyclic) bond motifs is 7. The third kappa shape index (κ3) is 11.1. The number of Topliss-reactive ketones (excluding diaryl/α,β-unsaturated/α-hetero) is 2. The van der Waals surface area contributed by atoms with Crippen molar-refractivity contribution in [2.45, 2.75) is 123 Å². The zero-order valence-corrected chi connectivity index (χ0v) is 45.6. The number of carbonyl (C=O) groups is 4. The molecule has 5 aromatic rings. The highest BCUT2D eigenvalue weighted by Gasteiger charge is 2.47. The largest absolute Gasteiger partial charge is 0.458 e. The summed E-state index contributed by atoms with van der Waals surface area (Å²) in [6, 6.07) is 9.18. The molecular formula is C50H55Br2F2N4O10P2S+. The number of anilines is 1. The van der Waals surface area contributed by atoms with Crippen LogP contribution in [0.3, 0.4) is 0 Å². The van der Waals surface area contributed by atoms with E-state index in [1.54, 1.807) is 38.3 Å². The van der Waals surface area contributed by atoms with Crippen LogP contribution in [0.15, 0.2) is 46.0 Å². The van der Waals surface area contributed by atoms with E-state index in [1.807, 2.05) is 6.07 Å². The zero-order chi connectivity index (χ0) is 53.0. The number of nitrogen functional groups attached to an aromatic ring is 1. The number of ketones is 2. The molecule has 2 unspecified atom stereocenters. The minimum atomic E-state index is -1.87. The number of ether oxygens (including phenoxy) is 2. The lowest BCUT2D eigenvalue weighted by atomic mass is 9.86. The molecule has 7 heterocycles. The summed E-state index contributed by atoms with van der Waals surface area (Å²) in [5, 5.41) is 24.1. The summed E-state index contributed by atoms with van der Waals surface area (Å²) in [5.41, 5.74) is 7.98. The SMILES string of the molecule is CC[C@@]1(O)C(=O)OCc2c1cc1n(c2=O)CCC1=O.CC[C@@]1(O)C(=O)OCc2c1cc1n(c2=O)Cc2c-1nc1cc(F)c(C)cc1c2CCCCBr.Cc1cc(C(=O)CCCCBr)c(N)cc1F.[3H][P+](P)=S. The Kier molecular flexibility index (Phi) is 18.0. The minimum absolute atomic E-state index is 0.0125. The van der Waals surface area contributed by atoms with E-state index in [-0.39, 0.29) is 94.9 Å². The molecule has 0 bridgehead atoms. The molecule has 4 atom stereocenters. The predicted octanol–water partition coefficient (Wildman–Crippen LogP) is 8.71. The van der Waals surface area contributed by atoms with Gasteiger partial charge >= 0.3 is 13.2 Å². The van der Waals surface area contributed by atoms with Gasteiger partial charge in [0, 0.05) is 69.4 Å². The van der Waals surface area contributed by atoms with Crippen LogP contribution in [0, 0.1) is 25.5 Å². The number of hydrogen-bond donors (Lipinski definition) is 3. The van der Waals surface area contributed by atoms with Gasteiger partial charge in [-0.25, -0.2) is 23.4 Å². The van der Waals surface area contributed by atoms with E-state index in [2.05, 4.69) is 52.6 Å². The highest BCUT2D eigenvalue weighted by molar-refractivity contribution is 9.09. The van der Waals surface area contributed by atoms with Gasteiger partial charge in [-0.05, 0) is 106 Å². The fourth-order valence-electron chi connectivity index (χ4n) is 9.12. The highest BCUT2D eigenvalue weighted by atomic mass is 79.9. The Morgan fingerprint density at radius 2 is 1.38 bits per heavy atom. The number of rotatable bonds is 11. The van der Waals surface area contributed by atoms with E-state index in [1.165, 1.54) is 28.8 Å². The Morgan fingerprint density at radius 1 is 0.845 bits per heavy atom. The lowest BCUT2D eigenvalue weighted by Gasteiger charge is -2.31. The average molecular weight is 1170 g/mol. The van der Waals surface area contributed by atoms with Gasteiger partial charge in [0.2, 0.25) is 0 Å². The molecular weight excluding hydrogens is 1110 g/mol. The molecule has 0 fully saturated rings. The normalized spacial score (nSPS) is 18.4. The summed E-state index contributed by atoms with van der Waals surface area (Å²) in [7, 11) is 2.20. The number of unbranched alkanes of at least 4 members (excludes halogenated alkanes) is 2. The lowest BCUT2D eigenvalue weighted by molar-refractivity contribution is -0.172. The van der Waals surface area contributed by atoms with Crippen LogP contribution < -0.4 is 16.9 Å². The molecule has 0 amide bonds. The second-order valence-electron chi connectivity index (χ2n) is 17.5. The van der Waals surface area contributed by atoms with Gasteiger partial charge in [0.15, 0.2) is 41.6 Å². The molecule has 4 aliphatic rings. The van der Waals surface area contributed by atoms with Gasteiger partial charge in [0.05, 0.1) is 49.2 Å². The van der Waals surface area contributed by atoms with Gasteiger partial charge in [0.1, 0.15) is 24.8 Å². The van der Waals surface area contributed by atoms with Crippen LogP contribution in [0.2, 0.25) is 0 Å². The Bertz CT molecular complexity index is 3160. The number of esters is 2. The first-order valence-electron chi connectivity index (χ1n) is 23.4. The average Bonchev–Trinajstić information content (AvgIpc) is 3.91. The number of hydrogen-bond acceptors (Lipinski definition) is 13. The Morgan fingerprint density at radius 3 is 1.96 bits per heavy atom. The van der Waals surface area contributed by atoms with Crippen LogP contribution in [-0.4, -0.2) is 59.8 Å². The van der Waals surface area contributed by atoms with Crippen molar-refractivity contribution in [2.75, 3.05) is 16.4 Å². The van der Waals surface area contributed by atoms with E-state index in [0.29, 0.717) is 58.7 Å². The van der Waals surface area contributed by atoms with E-state index in [9.17, 15) is 47.8 Å². The molecule has 0 radical (unpaired) electrons. The minimum Gasteiger partial charge on any atom is -0.458 e. The quantitative estimate of drug-likeness (QED) is 0.0277. The number of aryl methyl sites for hydroxylation is 3. The number of benzene rings is 2. The number of aliphatic hydroxyl groups is 2. The standard InChI is InChI=1S/C25H24BrFN2O4.C13H13NO5.C12H15BrFNO.H2P2S/c1-3-25(32)18-9-21-22-16(11-29(21)23(30)17(18)12-33-24(25)31)14(6-4-5-7-26)15-8-13(2)19(27)10-20(15)28-22;1-2-13(18)8-5-9-10(15)3-4-14(9)11(16)7(8)6-19-12(13)17;1-8-6-9(11(15)7-10(8)14)12(16)4-2-3-5-13;1-2-3/h8-10,32H,3-7,11-12H2,1-2H3;5,18H,2-4,6H2,1H3;6-7H,2-5,15H2,1H3;1H2/p+1/t25-;13-;;/m00../s1/i/hT. The molecule has 14 nitrogen and oxygen atoms in total. The van der Waals surface area contributed by atoms with Crippen LogP contribution in [0.4, 0.5) is 14.5 Å². The number of nitrogens with zero attached hydrogens (tertiary/aromatic N) is 3. The molecule has 21 heteroatoms. The third-order valence-electron chi connectivity index (χ3n) is 13.2. The summed E-state index contributed by atoms with van der Waals surface area (Å²) in [6.07, 6.45) is 5.39. The third-order valence-corrected chi connectivity index (χ3v) is 14.3. The maximum Gasteiger partial charge on any atom is 0.355 e. The lowest BCUT2D eigenvalue weighted by Crippen LogP contribution is -2.44. The summed E-state index contributed by atoms with van der Waals surface area (Å²) in [5.74, 6) is -2.37. The first-order chi connectivity index (χ1) is 34.1. The van der Waals surface area contributed by atoms with Crippen molar-refractivity contribution >= 4 is 99.7 Å². The molecule has 3 aromatic heterocycles. The second kappa shape index (κ2) is 23.6. The summed E-state index contributed by atoms with van der Waals surface area (Å²) in [6.45, 7) is 6.18. The first kappa shape index (κ1) is 54.3. The van der Waals surface area contributed by atoms with Gasteiger partial charge in [-0.2, -0.15) is 0 Å². The van der Waals surface area contributed by atoms with E-state index >= 15 is 0 Å². The fourth-order valence-corrected chi connectivity index (χ4v) is 9.91. The van der Waals surface area contributed by atoms with Crippen molar-refractivity contribution < 1.29 is 47.6 Å². The van der Waals surface area contributed by atoms with Crippen molar-refractivity contribution in [1.82, 2.24) is 14.1 Å². The summed E-state index contributed by atoms with van der Waals surface area (Å²) < 4.78 is 47.0. The number of nitrogens with two attached hydrogens (primary N) is 1. The van der Waals surface area contributed by atoms with Crippen molar-refractivity contribution in [3.05, 3.63) is 125 Å². The summed E-state index contributed by atoms with van der Waals surface area (Å²) in [4.78, 5) is 78.1. The molecule has 4 N–H and O–H groups in total. The van der Waals surface area contributed by atoms with Crippen LogP contribution in [0.25, 0.3) is 22.3 Å². The van der Waals surface area contributed by atoms with Crippen molar-refractivity contribution in [3.8, 4) is 11.4 Å². The van der Waals surface area contributed by atoms with Crippen LogP contribution >= 0.6 is 47.8 Å². The molecule has 9 rings (SSSR count). The Hall–Kier alpha value is -4.48. The maximum absolute atomic E-state index is 14.4. The fraction of sp³-hybridized carbons (Fsp3) is 0.420. The molecule has 0 aliphatic carbocycles. The zero-order valence-electron chi connectivity index (χ0n) is 40.6. The van der Waals surface area contributed by atoms with Crippen molar-refractivity contribution in [3.63, 3.8) is 0 Å². The first-order valence-corrected chi connectivity index (χ1v) is 28.7. The molecule has 2 aromatic carbocycles. The number of alkyl halides is 2. The second-order valence-corrected chi connectivity index (χ2v) is 21.8. The van der Waals surface area contributed by atoms with E-state index in [0.717, 1.165) is 59.3 Å². The molecule has 0 saturated carbocycles. The van der Waals surface area contributed by atoms with Crippen molar-refractivity contribution in [2.24, 2.45) is 0 Å². The van der Waals surface area contributed by atoms with Gasteiger partial charge in [-0.15, -0.1) is 0 Å². The predicted molar refractivity (Wildman–Crippen MR) is 282 cm³/mol. The molecule has 71 heavy (non-hydrogen) atoms. The maximum atomic E-state index is 14.4. The van der Waals surface area contributed by atoms with Gasteiger partial charge in [0.25, 0.3) is 11.1 Å². The van der Waals surface area contributed by atoms with Gasteiger partial charge in [-0.1, -0.05) is 45.7 Å². The van der Waals surface area contributed by atoms with Crippen LogP contribution in [-0.2, 0) is 74.8 Å². The van der Waals surface area contributed by atoms with Crippen LogP contribution in [0.5, 0.6) is 0 Å². The molecule has 0 spiro atoms. The molecule has 4 aliphatic heterocycles. The Labute approximate surface area is 435 Å². The van der Waals surface area contributed by atoms with Gasteiger partial charge < -0.3 is 34.6 Å². The van der Waals surface area contributed by atoms with Crippen molar-refractivity contribution in [1.29, 1.82) is 1.28 Å². The smallest absolute Gasteiger partial charge is 0.355 e. The van der Waals surface area contributed by atoms with Crippen LogP contribution in [0.1, 0.15) is 131 Å². The number of aromatic nitrogens is 3. The highest BCUT2D eigenvalue weighted by Crippen LogP contribution is 2.41. The number of halogens is 4. The Balaban J connectivity index is 0.000000184. The van der Waals surface area contributed by atoms with E-state index < -0.39 is 30.1 Å². The van der Waals surface area contributed by atoms with Gasteiger partial charge in [-0.3, -0.25) is 19.2 Å². The van der Waals surface area contributed by atoms with E-state index in [4.69, 9.17) is 21.5 Å². The molecule has 378 valence electrons. The molecule has 0 saturated heterocycles.